The molecular weight excluding hydrogens is 1290 g/mol. The van der Waals surface area contributed by atoms with Gasteiger partial charge in [-0.1, -0.05) is 162 Å². The molecule has 5 atom stereocenters. The summed E-state index contributed by atoms with van der Waals surface area (Å²) in [5.74, 6) is -2.25. The highest BCUT2D eigenvalue weighted by Gasteiger charge is 2.54. The van der Waals surface area contributed by atoms with Crippen molar-refractivity contribution >= 4 is 96.0 Å². The first-order chi connectivity index (χ1) is 43.0. The van der Waals surface area contributed by atoms with E-state index >= 15 is 0 Å². The lowest BCUT2D eigenvalue weighted by molar-refractivity contribution is -0.138. The Morgan fingerprint density at radius 1 is 0.521 bits per heavy atom. The van der Waals surface area contributed by atoms with Crippen LogP contribution in [0.4, 0.5) is 14.4 Å². The summed E-state index contributed by atoms with van der Waals surface area (Å²) < 4.78 is 45.4. The maximum Gasteiger partial charge on any atom is 0.419 e. The van der Waals surface area contributed by atoms with Gasteiger partial charge in [-0.2, -0.15) is 0 Å². The average Bonchev–Trinajstić information content (AvgIpc) is 1.61. The molecule has 21 heteroatoms. The van der Waals surface area contributed by atoms with Gasteiger partial charge in [0, 0.05) is 64.5 Å². The Balaban J connectivity index is 0.000000302. The molecule has 4 amide bonds. The van der Waals surface area contributed by atoms with E-state index in [0.29, 0.717) is 16.6 Å². The quantitative estimate of drug-likeness (QED) is 0.0361. The van der Waals surface area contributed by atoms with Crippen LogP contribution in [0.15, 0.2) is 122 Å². The van der Waals surface area contributed by atoms with Gasteiger partial charge in [0.25, 0.3) is 11.8 Å². The number of aromatic nitrogens is 2. The molecule has 5 unspecified atom stereocenters. The fraction of sp³-hybridized carbons (Fsp3) is 0.521. The number of alkyl halides is 1. The Morgan fingerprint density at radius 2 is 0.947 bits per heavy atom. The second-order valence-electron chi connectivity index (χ2n) is 29.9. The number of carbonyl (C=O) groups excluding carboxylic acids is 7. The third-order valence-corrected chi connectivity index (χ3v) is 26.7. The number of amides is 4. The summed E-state index contributed by atoms with van der Waals surface area (Å²) in [4.78, 5) is 95.1. The molecule has 4 aromatic carbocycles. The predicted molar refractivity (Wildman–Crippen MR) is 379 cm³/mol. The number of hydrogen-bond donors (Lipinski definition) is 0. The maximum absolute atomic E-state index is 14.3. The van der Waals surface area contributed by atoms with Gasteiger partial charge in [0.05, 0.1) is 30.8 Å². The predicted octanol–water partition coefficient (Wildman–Crippen LogP) is 16.5. The summed E-state index contributed by atoms with van der Waals surface area (Å²) in [6.45, 7) is 36.8. The number of likely N-dealkylation sites (tertiary alicyclic amines) is 2. The average molecular weight is 1400 g/mol. The number of halogens is 1. The van der Waals surface area contributed by atoms with Gasteiger partial charge in [-0.05, 0) is 128 Å². The Kier molecular flexibility index (Phi) is 26.2. The number of aryl methyl sites for hydroxylation is 1. The van der Waals surface area contributed by atoms with E-state index in [1.54, 1.807) is 117 Å². The molecular formula is C73H103BrN4O14Si2. The number of imide groups is 2. The van der Waals surface area contributed by atoms with Crippen LogP contribution in [0, 0.1) is 5.92 Å². The minimum atomic E-state index is -2.36. The minimum absolute atomic E-state index is 0. The Morgan fingerprint density at radius 3 is 1.43 bits per heavy atom. The summed E-state index contributed by atoms with van der Waals surface area (Å²) in [5, 5.41) is 2.91. The van der Waals surface area contributed by atoms with E-state index in [-0.39, 0.29) is 68.3 Å². The van der Waals surface area contributed by atoms with Crippen LogP contribution in [0.1, 0.15) is 150 Å². The van der Waals surface area contributed by atoms with Crippen LogP contribution >= 0.6 is 15.9 Å². The van der Waals surface area contributed by atoms with Crippen LogP contribution in [0.25, 0.3) is 21.8 Å². The van der Waals surface area contributed by atoms with Crippen LogP contribution in [0.5, 0.6) is 0 Å². The molecule has 2 aliphatic heterocycles. The highest BCUT2D eigenvalue weighted by Crippen LogP contribution is 2.41. The van der Waals surface area contributed by atoms with Gasteiger partial charge in [-0.15, -0.1) is 0 Å². The van der Waals surface area contributed by atoms with E-state index in [1.807, 2.05) is 36.4 Å². The van der Waals surface area contributed by atoms with Crippen LogP contribution in [-0.2, 0) is 60.9 Å². The Bertz CT molecular complexity index is 3590. The molecule has 0 aliphatic carbocycles. The molecule has 18 nitrogen and oxygen atoms in total. The van der Waals surface area contributed by atoms with Crippen molar-refractivity contribution < 1.29 is 66.1 Å². The van der Waals surface area contributed by atoms with Crippen molar-refractivity contribution in [2.45, 2.75) is 207 Å². The van der Waals surface area contributed by atoms with E-state index in [2.05, 4.69) is 126 Å². The number of hydrogen-bond acceptors (Lipinski definition) is 14. The van der Waals surface area contributed by atoms with Crippen LogP contribution < -0.4 is 0 Å². The standard InChI is InChI=1S/C38H52N2O8Si.C24H37NO6Si.C10H10BrN.CH4/c1-36(2,3)47-34(43)39-22-26(27-19-15-16-20-29(27)39)21-28-30(23-46-49(10,11)38(7,8)9)40(35(44)48-37(4,5)6)33(42)32(28)45-24-31(41)25-17-13-12-14-18-25;1-23(2,3)31-22(28)25-18(15-30-32(7,8)24(4,5)6)14-20(21(25)27)29-16-19(26)17-12-10-9-11-13-17;1-12-7-8(6-11)9-4-2-3-5-10(9)12;/h12-20,22,28,30,32H,21,23-24H2,1-11H3;9-13,18,20H,14-16H2,1-8H3;2-5,7H,6H2,1H3;1H4. The molecule has 0 N–H and O–H groups in total. The first kappa shape index (κ1) is 78.1. The van der Waals surface area contributed by atoms with Gasteiger partial charge in [0.15, 0.2) is 28.2 Å². The zero-order valence-corrected chi connectivity index (χ0v) is 61.9. The van der Waals surface area contributed by atoms with Gasteiger partial charge < -0.3 is 37.1 Å². The highest BCUT2D eigenvalue weighted by atomic mass is 79.9. The summed E-state index contributed by atoms with van der Waals surface area (Å²) >= 11 is 3.48. The fourth-order valence-electron chi connectivity index (χ4n) is 10.1. The lowest BCUT2D eigenvalue weighted by atomic mass is 9.90. The molecule has 2 fully saturated rings. The zero-order chi connectivity index (χ0) is 69.4. The van der Waals surface area contributed by atoms with Crippen LogP contribution in [-0.4, -0.2) is 145 Å². The second-order valence-corrected chi connectivity index (χ2v) is 40.1. The lowest BCUT2D eigenvalue weighted by Gasteiger charge is -2.38. The monoisotopic (exact) mass is 1390 g/mol. The van der Waals surface area contributed by atoms with Crippen molar-refractivity contribution in [3.8, 4) is 0 Å². The maximum atomic E-state index is 14.3. The van der Waals surface area contributed by atoms with Gasteiger partial charge >= 0.3 is 18.3 Å². The Labute approximate surface area is 568 Å². The van der Waals surface area contributed by atoms with Crippen LogP contribution in [0.3, 0.4) is 0 Å². The molecule has 2 aromatic heterocycles. The number of benzene rings is 4. The van der Waals surface area contributed by atoms with Crippen molar-refractivity contribution in [1.29, 1.82) is 0 Å². The van der Waals surface area contributed by atoms with E-state index in [9.17, 15) is 33.6 Å². The molecule has 2 aliphatic rings. The number of Topliss-reactive ketones (excluding diaryl/α,β-unsaturated/α-hetero) is 2. The first-order valence-electron chi connectivity index (χ1n) is 31.8. The molecule has 94 heavy (non-hydrogen) atoms. The number of ether oxygens (including phenoxy) is 5. The van der Waals surface area contributed by atoms with Crippen molar-refractivity contribution in [2.24, 2.45) is 13.0 Å². The molecule has 0 bridgehead atoms. The van der Waals surface area contributed by atoms with Gasteiger partial charge in [-0.25, -0.2) is 24.2 Å². The number of ketones is 2. The second kappa shape index (κ2) is 31.5. The molecule has 6 aromatic rings. The summed E-state index contributed by atoms with van der Waals surface area (Å²) in [6.07, 6.45) is 0.254. The highest BCUT2D eigenvalue weighted by molar-refractivity contribution is 9.08. The molecule has 8 rings (SSSR count). The van der Waals surface area contributed by atoms with Crippen LogP contribution in [0.2, 0.25) is 36.3 Å². The molecule has 0 spiro atoms. The zero-order valence-electron chi connectivity index (χ0n) is 58.3. The summed E-state index contributed by atoms with van der Waals surface area (Å²) in [5.41, 5.74) is 2.68. The van der Waals surface area contributed by atoms with Crippen molar-refractivity contribution in [3.63, 3.8) is 0 Å². The normalized spacial score (nSPS) is 18.0. The van der Waals surface area contributed by atoms with Crippen molar-refractivity contribution in [3.05, 3.63) is 144 Å². The van der Waals surface area contributed by atoms with Gasteiger partial charge in [0.1, 0.15) is 42.2 Å². The Hall–Kier alpha value is -6.60. The lowest BCUT2D eigenvalue weighted by Crippen LogP contribution is -2.49. The fourth-order valence-corrected chi connectivity index (χ4v) is 12.6. The minimum Gasteiger partial charge on any atom is -0.443 e. The summed E-state index contributed by atoms with van der Waals surface area (Å²) in [6, 6.07) is 32.1. The smallest absolute Gasteiger partial charge is 0.419 e. The number of rotatable bonds is 17. The van der Waals surface area contributed by atoms with E-state index < -0.39 is 93.7 Å². The third kappa shape index (κ3) is 20.5. The van der Waals surface area contributed by atoms with E-state index in [4.69, 9.17) is 32.5 Å². The third-order valence-electron chi connectivity index (χ3n) is 17.1. The number of fused-ring (bicyclic) bond motifs is 2. The van der Waals surface area contributed by atoms with Gasteiger partial charge in [-0.3, -0.25) is 23.7 Å². The van der Waals surface area contributed by atoms with Crippen molar-refractivity contribution in [2.75, 3.05) is 26.4 Å². The van der Waals surface area contributed by atoms with E-state index in [0.717, 1.165) is 26.1 Å². The SMILES string of the molecule is C.CC(C)(C)OC(=O)N1C(=O)C(OCC(=O)c2ccccc2)C(Cc2cn(C(=O)OC(C)(C)C)c3ccccc23)C1CO[Si](C)(C)C(C)(C)C.CC(C)(C)OC(=O)N1C(=O)C(OCC(=O)c2ccccc2)CC1CO[Si](C)(C)C(C)(C)C.Cn1cc(CBr)c2ccccc21. The summed E-state index contributed by atoms with van der Waals surface area (Å²) in [7, 11) is -2.37. The number of carbonyl (C=O) groups is 7. The molecule has 514 valence electrons. The topological polar surface area (TPSA) is 200 Å². The molecule has 2 saturated heterocycles. The molecule has 0 radical (unpaired) electrons. The van der Waals surface area contributed by atoms with E-state index in [1.165, 1.54) is 21.0 Å². The molecule has 4 heterocycles. The molecule has 0 saturated carbocycles. The largest absolute Gasteiger partial charge is 0.443 e. The number of para-hydroxylation sites is 2. The number of nitrogens with zero attached hydrogens (tertiary/aromatic N) is 4. The van der Waals surface area contributed by atoms with Crippen molar-refractivity contribution in [1.82, 2.24) is 18.9 Å². The first-order valence-corrected chi connectivity index (χ1v) is 38.7. The van der Waals surface area contributed by atoms with Gasteiger partial charge in [0.2, 0.25) is 0 Å².